The van der Waals surface area contributed by atoms with Crippen LogP contribution in [0.25, 0.3) is 0 Å². The summed E-state index contributed by atoms with van der Waals surface area (Å²) < 4.78 is 0. The van der Waals surface area contributed by atoms with Gasteiger partial charge in [0.15, 0.2) is 0 Å². The molecule has 15 heavy (non-hydrogen) atoms. The van der Waals surface area contributed by atoms with Gasteiger partial charge in [0, 0.05) is 25.6 Å². The van der Waals surface area contributed by atoms with Crippen molar-refractivity contribution in [3.05, 3.63) is 0 Å². The first-order valence-electron chi connectivity index (χ1n) is 5.63. The van der Waals surface area contributed by atoms with E-state index in [4.69, 9.17) is 0 Å². The van der Waals surface area contributed by atoms with E-state index in [0.29, 0.717) is 19.4 Å². The zero-order valence-corrected chi connectivity index (χ0v) is 9.75. The van der Waals surface area contributed by atoms with Crippen LogP contribution in [-0.4, -0.2) is 35.8 Å². The molecule has 86 valence electrons. The lowest BCUT2D eigenvalue weighted by molar-refractivity contribution is -0.138. The summed E-state index contributed by atoms with van der Waals surface area (Å²) in [5, 5.41) is 2.74. The Balaban J connectivity index is 2.55. The molecule has 1 aliphatic rings. The van der Waals surface area contributed by atoms with Crippen LogP contribution in [0.5, 0.6) is 0 Å². The normalized spacial score (nSPS) is 21.3. The van der Waals surface area contributed by atoms with Crippen molar-refractivity contribution in [1.29, 1.82) is 0 Å². The maximum Gasteiger partial charge on any atom is 0.227 e. The van der Waals surface area contributed by atoms with Crippen molar-refractivity contribution in [2.75, 3.05) is 13.1 Å². The van der Waals surface area contributed by atoms with Gasteiger partial charge >= 0.3 is 0 Å². The van der Waals surface area contributed by atoms with Gasteiger partial charge in [-0.15, -0.1) is 0 Å². The number of rotatable bonds is 3. The molecule has 4 nitrogen and oxygen atoms in total. The molecule has 0 aliphatic carbocycles. The number of carbonyl (C=O) groups is 2. The first kappa shape index (κ1) is 12.0. The largest absolute Gasteiger partial charge is 0.355 e. The van der Waals surface area contributed by atoms with E-state index in [1.807, 2.05) is 25.7 Å². The van der Waals surface area contributed by atoms with Crippen LogP contribution in [0.3, 0.4) is 0 Å². The molecule has 1 fully saturated rings. The van der Waals surface area contributed by atoms with E-state index in [-0.39, 0.29) is 23.8 Å². The Morgan fingerprint density at radius 3 is 2.67 bits per heavy atom. The van der Waals surface area contributed by atoms with Crippen molar-refractivity contribution in [3.8, 4) is 0 Å². The van der Waals surface area contributed by atoms with Crippen molar-refractivity contribution >= 4 is 11.8 Å². The zero-order chi connectivity index (χ0) is 11.4. The van der Waals surface area contributed by atoms with E-state index >= 15 is 0 Å². The summed E-state index contributed by atoms with van der Waals surface area (Å²) in [5.41, 5.74) is 0. The highest BCUT2D eigenvalue weighted by atomic mass is 16.2. The number of carbonyl (C=O) groups excluding carboxylic acids is 2. The van der Waals surface area contributed by atoms with Crippen molar-refractivity contribution in [3.63, 3.8) is 0 Å². The number of nitrogens with zero attached hydrogens (tertiary/aromatic N) is 1. The summed E-state index contributed by atoms with van der Waals surface area (Å²) in [7, 11) is 0. The molecule has 1 N–H and O–H groups in total. The Kier molecular flexibility index (Phi) is 4.12. The second-order valence-electron chi connectivity index (χ2n) is 4.26. The molecule has 4 heteroatoms. The summed E-state index contributed by atoms with van der Waals surface area (Å²) in [6.07, 6.45) is 1.17. The van der Waals surface area contributed by atoms with Gasteiger partial charge in [-0.3, -0.25) is 9.59 Å². The van der Waals surface area contributed by atoms with Gasteiger partial charge in [0.1, 0.15) is 0 Å². The first-order chi connectivity index (χ1) is 7.06. The van der Waals surface area contributed by atoms with Crippen molar-refractivity contribution in [1.82, 2.24) is 10.2 Å². The lowest BCUT2D eigenvalue weighted by Gasteiger charge is -2.31. The topological polar surface area (TPSA) is 49.4 Å². The molecule has 1 heterocycles. The Bertz CT molecular complexity index is 241. The second kappa shape index (κ2) is 5.14. The highest BCUT2D eigenvalue weighted by Gasteiger charge is 2.28. The molecule has 0 bridgehead atoms. The van der Waals surface area contributed by atoms with Crippen LogP contribution < -0.4 is 5.32 Å². The molecule has 1 rings (SSSR count). The van der Waals surface area contributed by atoms with Crippen LogP contribution in [-0.2, 0) is 9.59 Å². The van der Waals surface area contributed by atoms with Crippen LogP contribution in [0.4, 0.5) is 0 Å². The molecule has 0 saturated carbocycles. The van der Waals surface area contributed by atoms with E-state index in [1.54, 1.807) is 0 Å². The molecule has 1 atom stereocenters. The predicted molar refractivity (Wildman–Crippen MR) is 58.3 cm³/mol. The van der Waals surface area contributed by atoms with Crippen molar-refractivity contribution in [2.24, 2.45) is 5.92 Å². The van der Waals surface area contributed by atoms with Crippen LogP contribution in [0.1, 0.15) is 33.6 Å². The van der Waals surface area contributed by atoms with Gasteiger partial charge in [-0.1, -0.05) is 0 Å². The number of hydrogen-bond acceptors (Lipinski definition) is 2. The molecule has 0 aromatic heterocycles. The smallest absolute Gasteiger partial charge is 0.227 e. The fourth-order valence-electron chi connectivity index (χ4n) is 1.95. The summed E-state index contributed by atoms with van der Waals surface area (Å²) in [6.45, 7) is 7.26. The van der Waals surface area contributed by atoms with E-state index in [0.717, 1.165) is 6.54 Å². The van der Waals surface area contributed by atoms with Gasteiger partial charge in [-0.05, 0) is 27.2 Å². The van der Waals surface area contributed by atoms with Gasteiger partial charge < -0.3 is 10.2 Å². The number of piperidine rings is 1. The Morgan fingerprint density at radius 1 is 1.60 bits per heavy atom. The quantitative estimate of drug-likeness (QED) is 0.751. The molecule has 1 unspecified atom stereocenters. The molecule has 0 aromatic carbocycles. The monoisotopic (exact) mass is 212 g/mol. The van der Waals surface area contributed by atoms with Crippen molar-refractivity contribution in [2.45, 2.75) is 39.7 Å². The number of nitrogens with one attached hydrogen (secondary N) is 1. The zero-order valence-electron chi connectivity index (χ0n) is 9.75. The van der Waals surface area contributed by atoms with Crippen LogP contribution in [0.15, 0.2) is 0 Å². The molecular formula is C11H20N2O2. The molecule has 0 aromatic rings. The fraction of sp³-hybridized carbons (Fsp3) is 0.818. The molecule has 2 amide bonds. The second-order valence-corrected chi connectivity index (χ2v) is 4.26. The Morgan fingerprint density at radius 2 is 2.27 bits per heavy atom. The third kappa shape index (κ3) is 2.94. The minimum absolute atomic E-state index is 0.0231. The molecule has 0 radical (unpaired) electrons. The molecule has 1 saturated heterocycles. The number of hydrogen-bond donors (Lipinski definition) is 1. The predicted octanol–water partition coefficient (Wildman–Crippen LogP) is 0.769. The standard InChI is InChI=1S/C11H20N2O2/c1-4-13(8(2)3)11(15)9-5-6-10(14)12-7-9/h8-9H,4-7H2,1-3H3,(H,12,14). The Labute approximate surface area is 91.0 Å². The molecule has 0 spiro atoms. The van der Waals surface area contributed by atoms with Crippen LogP contribution in [0.2, 0.25) is 0 Å². The van der Waals surface area contributed by atoms with Gasteiger partial charge in [0.2, 0.25) is 11.8 Å². The first-order valence-corrected chi connectivity index (χ1v) is 5.63. The highest BCUT2D eigenvalue weighted by molar-refractivity contribution is 5.83. The Hall–Kier alpha value is -1.06. The van der Waals surface area contributed by atoms with Crippen molar-refractivity contribution < 1.29 is 9.59 Å². The van der Waals surface area contributed by atoms with Crippen LogP contribution >= 0.6 is 0 Å². The maximum absolute atomic E-state index is 12.1. The third-order valence-electron chi connectivity index (χ3n) is 2.86. The molecular weight excluding hydrogens is 192 g/mol. The summed E-state index contributed by atoms with van der Waals surface area (Å²) in [6, 6.07) is 0.236. The minimum Gasteiger partial charge on any atom is -0.355 e. The van der Waals surface area contributed by atoms with E-state index in [2.05, 4.69) is 5.32 Å². The third-order valence-corrected chi connectivity index (χ3v) is 2.86. The minimum atomic E-state index is -0.0231. The lowest BCUT2D eigenvalue weighted by Crippen LogP contribution is -2.47. The van der Waals surface area contributed by atoms with Crippen LogP contribution in [0, 0.1) is 5.92 Å². The van der Waals surface area contributed by atoms with Gasteiger partial charge in [0.05, 0.1) is 5.92 Å². The average Bonchev–Trinajstić information content (AvgIpc) is 2.19. The SMILES string of the molecule is CCN(C(=O)C1CCC(=O)NC1)C(C)C. The van der Waals surface area contributed by atoms with Gasteiger partial charge in [-0.2, -0.15) is 0 Å². The van der Waals surface area contributed by atoms with Gasteiger partial charge in [-0.25, -0.2) is 0 Å². The maximum atomic E-state index is 12.1. The van der Waals surface area contributed by atoms with Gasteiger partial charge in [0.25, 0.3) is 0 Å². The highest BCUT2D eigenvalue weighted by Crippen LogP contribution is 2.15. The fourth-order valence-corrected chi connectivity index (χ4v) is 1.95. The van der Waals surface area contributed by atoms with E-state index < -0.39 is 0 Å². The summed E-state index contributed by atoms with van der Waals surface area (Å²) >= 11 is 0. The lowest BCUT2D eigenvalue weighted by atomic mass is 9.97. The van der Waals surface area contributed by atoms with E-state index in [1.165, 1.54) is 0 Å². The summed E-state index contributed by atoms with van der Waals surface area (Å²) in [5.74, 6) is 0.212. The number of amides is 2. The van der Waals surface area contributed by atoms with E-state index in [9.17, 15) is 9.59 Å². The summed E-state index contributed by atoms with van der Waals surface area (Å²) in [4.78, 5) is 24.9. The average molecular weight is 212 g/mol. The molecule has 1 aliphatic heterocycles.